The van der Waals surface area contributed by atoms with Crippen LogP contribution in [0.5, 0.6) is 5.88 Å². The summed E-state index contributed by atoms with van der Waals surface area (Å²) in [4.78, 5) is 4.25. The quantitative estimate of drug-likeness (QED) is 0.878. The smallest absolute Gasteiger partial charge is 0.224 e. The lowest BCUT2D eigenvalue weighted by Crippen LogP contribution is -2.11. The number of hydrogen-bond donors (Lipinski definition) is 1. The van der Waals surface area contributed by atoms with Gasteiger partial charge in [-0.3, -0.25) is 0 Å². The number of nitrogens with one attached hydrogen (secondary N) is 1. The number of aromatic nitrogens is 1. The number of nitrogens with zero attached hydrogens (tertiary/aromatic N) is 1. The van der Waals surface area contributed by atoms with E-state index in [9.17, 15) is 0 Å². The van der Waals surface area contributed by atoms with Gasteiger partial charge in [0, 0.05) is 6.20 Å². The van der Waals surface area contributed by atoms with Gasteiger partial charge in [0.1, 0.15) is 5.58 Å². The Morgan fingerprint density at radius 2 is 2.47 bits per heavy atom. The van der Waals surface area contributed by atoms with Gasteiger partial charge in [0.2, 0.25) is 5.88 Å². The van der Waals surface area contributed by atoms with Gasteiger partial charge in [0.25, 0.3) is 0 Å². The fourth-order valence-corrected chi connectivity index (χ4v) is 2.27. The molecule has 1 aliphatic rings. The molecule has 0 bridgehead atoms. The van der Waals surface area contributed by atoms with Crippen LogP contribution < -0.4 is 10.1 Å². The van der Waals surface area contributed by atoms with Crippen molar-refractivity contribution in [3.05, 3.63) is 24.6 Å². The van der Waals surface area contributed by atoms with Crippen LogP contribution in [0, 0.1) is 5.92 Å². The van der Waals surface area contributed by atoms with Crippen molar-refractivity contribution in [2.24, 2.45) is 5.92 Å². The van der Waals surface area contributed by atoms with Crippen molar-refractivity contribution in [3.8, 4) is 5.88 Å². The molecule has 17 heavy (non-hydrogen) atoms. The number of rotatable bonds is 4. The Labute approximate surface area is 100.0 Å². The minimum atomic E-state index is 0.683. The SMILES string of the molecule is c1cc2occc2c(OCCC2CCNC2)n1. The first-order valence-corrected chi connectivity index (χ1v) is 6.09. The number of pyridine rings is 1. The molecule has 1 unspecified atom stereocenters. The summed E-state index contributed by atoms with van der Waals surface area (Å²) >= 11 is 0. The summed E-state index contributed by atoms with van der Waals surface area (Å²) < 4.78 is 11.0. The summed E-state index contributed by atoms with van der Waals surface area (Å²) in [7, 11) is 0. The van der Waals surface area contributed by atoms with Crippen LogP contribution in [-0.4, -0.2) is 24.7 Å². The molecule has 0 spiro atoms. The molecule has 2 aromatic heterocycles. The third-order valence-corrected chi connectivity index (χ3v) is 3.27. The predicted octanol–water partition coefficient (Wildman–Crippen LogP) is 2.21. The maximum atomic E-state index is 5.74. The van der Waals surface area contributed by atoms with E-state index in [0.29, 0.717) is 5.88 Å². The van der Waals surface area contributed by atoms with Gasteiger partial charge in [-0.05, 0) is 44.0 Å². The Bertz CT molecular complexity index is 489. The van der Waals surface area contributed by atoms with Gasteiger partial charge in [-0.15, -0.1) is 0 Å². The van der Waals surface area contributed by atoms with Crippen molar-refractivity contribution in [1.29, 1.82) is 0 Å². The number of furan rings is 1. The van der Waals surface area contributed by atoms with Crippen LogP contribution in [0.3, 0.4) is 0 Å². The van der Waals surface area contributed by atoms with Gasteiger partial charge in [0.05, 0.1) is 18.3 Å². The Kier molecular flexibility index (Phi) is 2.96. The van der Waals surface area contributed by atoms with E-state index in [2.05, 4.69) is 10.3 Å². The summed E-state index contributed by atoms with van der Waals surface area (Å²) in [6.07, 6.45) is 5.73. The van der Waals surface area contributed by atoms with Gasteiger partial charge in [0.15, 0.2) is 0 Å². The van der Waals surface area contributed by atoms with E-state index in [1.54, 1.807) is 12.5 Å². The van der Waals surface area contributed by atoms with Gasteiger partial charge < -0.3 is 14.5 Å². The lowest BCUT2D eigenvalue weighted by Gasteiger charge is -2.09. The van der Waals surface area contributed by atoms with Crippen LogP contribution in [0.15, 0.2) is 29.0 Å². The minimum Gasteiger partial charge on any atom is -0.477 e. The summed E-state index contributed by atoms with van der Waals surface area (Å²) in [6, 6.07) is 3.75. The molecule has 1 fully saturated rings. The van der Waals surface area contributed by atoms with E-state index in [1.807, 2.05) is 12.1 Å². The van der Waals surface area contributed by atoms with Gasteiger partial charge in [-0.2, -0.15) is 0 Å². The highest BCUT2D eigenvalue weighted by Gasteiger charge is 2.14. The molecule has 1 N–H and O–H groups in total. The number of hydrogen-bond acceptors (Lipinski definition) is 4. The summed E-state index contributed by atoms with van der Waals surface area (Å²) in [5.74, 6) is 1.43. The van der Waals surface area contributed by atoms with Gasteiger partial charge in [-0.25, -0.2) is 4.98 Å². The molecular formula is C13H16N2O2. The Balaban J connectivity index is 1.62. The zero-order valence-corrected chi connectivity index (χ0v) is 9.69. The van der Waals surface area contributed by atoms with E-state index < -0.39 is 0 Å². The third kappa shape index (κ3) is 2.26. The molecule has 0 amide bonds. The maximum absolute atomic E-state index is 5.74. The molecule has 3 heterocycles. The Hall–Kier alpha value is -1.55. The summed E-state index contributed by atoms with van der Waals surface area (Å²) in [6.45, 7) is 2.98. The van der Waals surface area contributed by atoms with Crippen LogP contribution in [0.2, 0.25) is 0 Å². The molecule has 4 heteroatoms. The normalized spacial score (nSPS) is 19.9. The van der Waals surface area contributed by atoms with Crippen molar-refractivity contribution in [1.82, 2.24) is 10.3 Å². The van der Waals surface area contributed by atoms with Crippen LogP contribution in [0.1, 0.15) is 12.8 Å². The molecule has 0 aromatic carbocycles. The molecule has 0 radical (unpaired) electrons. The molecule has 1 atom stereocenters. The first kappa shape index (κ1) is 10.6. The van der Waals surface area contributed by atoms with Crippen molar-refractivity contribution < 1.29 is 9.15 Å². The molecule has 1 aliphatic heterocycles. The average molecular weight is 232 g/mol. The molecule has 4 nitrogen and oxygen atoms in total. The fraction of sp³-hybridized carbons (Fsp3) is 0.462. The number of ether oxygens (including phenoxy) is 1. The van der Waals surface area contributed by atoms with Crippen molar-refractivity contribution >= 4 is 11.0 Å². The predicted molar refractivity (Wildman–Crippen MR) is 65.1 cm³/mol. The topological polar surface area (TPSA) is 47.3 Å². The van der Waals surface area contributed by atoms with Crippen molar-refractivity contribution in [2.75, 3.05) is 19.7 Å². The van der Waals surface area contributed by atoms with Crippen LogP contribution in [-0.2, 0) is 0 Å². The van der Waals surface area contributed by atoms with Gasteiger partial charge in [-0.1, -0.05) is 0 Å². The summed E-state index contributed by atoms with van der Waals surface area (Å²) in [5.41, 5.74) is 0.831. The minimum absolute atomic E-state index is 0.683. The Morgan fingerprint density at radius 1 is 1.47 bits per heavy atom. The second kappa shape index (κ2) is 4.75. The first-order valence-electron chi connectivity index (χ1n) is 6.09. The van der Waals surface area contributed by atoms with Crippen LogP contribution >= 0.6 is 0 Å². The Morgan fingerprint density at radius 3 is 3.35 bits per heavy atom. The van der Waals surface area contributed by atoms with Gasteiger partial charge >= 0.3 is 0 Å². The molecule has 0 saturated carbocycles. The van der Waals surface area contributed by atoms with E-state index in [4.69, 9.17) is 9.15 Å². The first-order chi connectivity index (χ1) is 8.43. The van der Waals surface area contributed by atoms with E-state index >= 15 is 0 Å². The molecule has 3 rings (SSSR count). The van der Waals surface area contributed by atoms with Crippen LogP contribution in [0.25, 0.3) is 11.0 Å². The summed E-state index contributed by atoms with van der Waals surface area (Å²) in [5, 5.41) is 4.32. The highest BCUT2D eigenvalue weighted by Crippen LogP contribution is 2.24. The molecule has 0 aliphatic carbocycles. The fourth-order valence-electron chi connectivity index (χ4n) is 2.27. The monoisotopic (exact) mass is 232 g/mol. The highest BCUT2D eigenvalue weighted by molar-refractivity contribution is 5.81. The van der Waals surface area contributed by atoms with Crippen molar-refractivity contribution in [3.63, 3.8) is 0 Å². The zero-order valence-electron chi connectivity index (χ0n) is 9.69. The van der Waals surface area contributed by atoms with Crippen LogP contribution in [0.4, 0.5) is 0 Å². The lowest BCUT2D eigenvalue weighted by molar-refractivity contribution is 0.277. The molecule has 90 valence electrons. The molecule has 2 aromatic rings. The molecular weight excluding hydrogens is 216 g/mol. The number of fused-ring (bicyclic) bond motifs is 1. The van der Waals surface area contributed by atoms with E-state index in [0.717, 1.165) is 43.0 Å². The zero-order chi connectivity index (χ0) is 11.5. The third-order valence-electron chi connectivity index (χ3n) is 3.27. The lowest BCUT2D eigenvalue weighted by atomic mass is 10.1. The highest BCUT2D eigenvalue weighted by atomic mass is 16.5. The molecule has 1 saturated heterocycles. The largest absolute Gasteiger partial charge is 0.477 e. The standard InChI is InChI=1S/C13H16N2O2/c1-5-14-9-10(1)3-7-17-13-11-4-8-16-12(11)2-6-15-13/h2,4,6,8,10,14H,1,3,5,7,9H2. The van der Waals surface area contributed by atoms with Crippen molar-refractivity contribution in [2.45, 2.75) is 12.8 Å². The van der Waals surface area contributed by atoms with E-state index in [-0.39, 0.29) is 0 Å². The maximum Gasteiger partial charge on any atom is 0.224 e. The average Bonchev–Trinajstić information content (AvgIpc) is 2.99. The second-order valence-corrected chi connectivity index (χ2v) is 4.44. The second-order valence-electron chi connectivity index (χ2n) is 4.44. The van der Waals surface area contributed by atoms with E-state index in [1.165, 1.54) is 6.42 Å².